The van der Waals surface area contributed by atoms with Crippen LogP contribution in [0.1, 0.15) is 24.8 Å². The number of hydrogen-bond acceptors (Lipinski definition) is 5. The maximum absolute atomic E-state index is 13.1. The Kier molecular flexibility index (Phi) is 5.29. The summed E-state index contributed by atoms with van der Waals surface area (Å²) >= 11 is 0. The summed E-state index contributed by atoms with van der Waals surface area (Å²) in [5, 5.41) is 2.69. The van der Waals surface area contributed by atoms with Gasteiger partial charge in [0, 0.05) is 25.1 Å². The second-order valence-electron chi connectivity index (χ2n) is 7.26. The number of fused-ring (bicyclic) bond motifs is 1. The first-order chi connectivity index (χ1) is 14.4. The van der Waals surface area contributed by atoms with E-state index in [0.29, 0.717) is 30.8 Å². The zero-order valence-corrected chi connectivity index (χ0v) is 17.0. The maximum atomic E-state index is 13.1. The van der Waals surface area contributed by atoms with Crippen molar-refractivity contribution in [3.05, 3.63) is 54.1 Å². The van der Waals surface area contributed by atoms with E-state index < -0.39 is 15.9 Å². The summed E-state index contributed by atoms with van der Waals surface area (Å²) in [6, 6.07) is 13.3. The molecule has 30 heavy (non-hydrogen) atoms. The van der Waals surface area contributed by atoms with Gasteiger partial charge in [-0.3, -0.25) is 23.6 Å². The summed E-state index contributed by atoms with van der Waals surface area (Å²) in [7, 11) is -3.68. The molecule has 3 amide bonds. The predicted molar refractivity (Wildman–Crippen MR) is 110 cm³/mol. The molecular weight excluding hydrogens is 406 g/mol. The number of nitrogens with one attached hydrogen (secondary N) is 1. The molecule has 1 saturated heterocycles. The Labute approximate surface area is 174 Å². The number of carbonyl (C=O) groups is 3. The lowest BCUT2D eigenvalue weighted by Gasteiger charge is -2.31. The first-order valence-corrected chi connectivity index (χ1v) is 11.1. The van der Waals surface area contributed by atoms with Crippen LogP contribution >= 0.6 is 0 Å². The normalized spacial score (nSPS) is 16.5. The molecule has 0 aromatic heterocycles. The van der Waals surface area contributed by atoms with Gasteiger partial charge in [0.25, 0.3) is 10.0 Å². The number of likely N-dealkylation sites (tertiary alicyclic amines) is 1. The number of aryl methyl sites for hydroxylation is 1. The van der Waals surface area contributed by atoms with Crippen LogP contribution in [-0.2, 0) is 30.8 Å². The van der Waals surface area contributed by atoms with E-state index in [2.05, 4.69) is 5.32 Å². The molecule has 0 bridgehead atoms. The third-order valence-corrected chi connectivity index (χ3v) is 7.05. The number of carbonyl (C=O) groups excluding carboxylic acids is 3. The van der Waals surface area contributed by atoms with Gasteiger partial charge in [-0.25, -0.2) is 8.42 Å². The van der Waals surface area contributed by atoms with Crippen molar-refractivity contribution >= 4 is 39.1 Å². The van der Waals surface area contributed by atoms with Crippen molar-refractivity contribution in [3.8, 4) is 0 Å². The van der Waals surface area contributed by atoms with E-state index in [4.69, 9.17) is 0 Å². The van der Waals surface area contributed by atoms with Crippen LogP contribution in [0.15, 0.2) is 53.4 Å². The Balaban J connectivity index is 1.53. The first-order valence-electron chi connectivity index (χ1n) is 9.70. The van der Waals surface area contributed by atoms with Gasteiger partial charge in [0.2, 0.25) is 17.7 Å². The molecule has 0 atom stereocenters. The molecule has 2 aliphatic heterocycles. The average Bonchev–Trinajstić information content (AvgIpc) is 3.05. The van der Waals surface area contributed by atoms with Gasteiger partial charge in [-0.1, -0.05) is 18.2 Å². The fourth-order valence-electron chi connectivity index (χ4n) is 3.75. The average molecular weight is 427 g/mol. The molecule has 0 saturated carbocycles. The highest BCUT2D eigenvalue weighted by Crippen LogP contribution is 2.33. The summed E-state index contributed by atoms with van der Waals surface area (Å²) in [5.74, 6) is -1.16. The largest absolute Gasteiger partial charge is 0.325 e. The molecule has 0 aliphatic carbocycles. The fourth-order valence-corrected chi connectivity index (χ4v) is 5.32. The van der Waals surface area contributed by atoms with Gasteiger partial charge in [0.05, 0.1) is 10.6 Å². The molecule has 0 radical (unpaired) electrons. The number of imide groups is 1. The van der Waals surface area contributed by atoms with Crippen molar-refractivity contribution in [2.45, 2.75) is 30.6 Å². The highest BCUT2D eigenvalue weighted by molar-refractivity contribution is 7.92. The van der Waals surface area contributed by atoms with Crippen molar-refractivity contribution in [2.75, 3.05) is 22.7 Å². The monoisotopic (exact) mass is 427 g/mol. The van der Waals surface area contributed by atoms with Crippen LogP contribution in [-0.4, -0.2) is 44.1 Å². The van der Waals surface area contributed by atoms with Crippen LogP contribution in [0.3, 0.4) is 0 Å². The van der Waals surface area contributed by atoms with Crippen LogP contribution in [0.5, 0.6) is 0 Å². The summed E-state index contributed by atoms with van der Waals surface area (Å²) in [6.07, 6.45) is 1.61. The lowest BCUT2D eigenvalue weighted by Crippen LogP contribution is -2.37. The first kappa shape index (κ1) is 20.1. The smallest absolute Gasteiger partial charge is 0.264 e. The molecule has 156 valence electrons. The molecule has 8 nitrogen and oxygen atoms in total. The van der Waals surface area contributed by atoms with E-state index in [9.17, 15) is 22.8 Å². The number of sulfonamides is 1. The molecule has 2 heterocycles. The molecule has 0 unspecified atom stereocenters. The van der Waals surface area contributed by atoms with E-state index in [1.807, 2.05) is 0 Å². The third kappa shape index (κ3) is 3.80. The minimum atomic E-state index is -3.68. The Hall–Kier alpha value is -3.20. The van der Waals surface area contributed by atoms with Gasteiger partial charge >= 0.3 is 0 Å². The molecule has 1 N–H and O–H groups in total. The SMILES string of the molecule is O=C(CN1C(=O)CCC1=O)Nc1ccc2c(c1)CCCN2S(=O)(=O)c1ccccc1. The minimum absolute atomic E-state index is 0.136. The molecule has 9 heteroatoms. The zero-order valence-electron chi connectivity index (χ0n) is 16.2. The van der Waals surface area contributed by atoms with E-state index in [1.54, 1.807) is 48.5 Å². The Morgan fingerprint density at radius 3 is 2.37 bits per heavy atom. The molecule has 2 aromatic carbocycles. The van der Waals surface area contributed by atoms with Crippen LogP contribution in [0, 0.1) is 0 Å². The van der Waals surface area contributed by atoms with Gasteiger partial charge in [0.1, 0.15) is 6.54 Å². The number of nitrogens with zero attached hydrogens (tertiary/aromatic N) is 2. The quantitative estimate of drug-likeness (QED) is 0.734. The summed E-state index contributed by atoms with van der Waals surface area (Å²) in [6.45, 7) is 0.0678. The zero-order chi connectivity index (χ0) is 21.3. The fraction of sp³-hybridized carbons (Fsp3) is 0.286. The number of benzene rings is 2. The van der Waals surface area contributed by atoms with E-state index in [1.165, 1.54) is 4.31 Å². The third-order valence-electron chi connectivity index (χ3n) is 5.23. The van der Waals surface area contributed by atoms with Gasteiger partial charge in [-0.05, 0) is 48.7 Å². The van der Waals surface area contributed by atoms with Crippen molar-refractivity contribution in [1.29, 1.82) is 0 Å². The number of hydrogen-bond donors (Lipinski definition) is 1. The number of amides is 3. The Bertz CT molecular complexity index is 1100. The van der Waals surface area contributed by atoms with Crippen LogP contribution in [0.4, 0.5) is 11.4 Å². The van der Waals surface area contributed by atoms with Crippen LogP contribution in [0.25, 0.3) is 0 Å². The van der Waals surface area contributed by atoms with Crippen LogP contribution in [0.2, 0.25) is 0 Å². The second-order valence-corrected chi connectivity index (χ2v) is 9.12. The molecule has 2 aliphatic rings. The summed E-state index contributed by atoms with van der Waals surface area (Å²) in [4.78, 5) is 36.8. The number of anilines is 2. The lowest BCUT2D eigenvalue weighted by atomic mass is 10.0. The molecule has 1 fully saturated rings. The standard InChI is InChI=1S/C21H21N3O5S/c25-19(14-23-20(26)10-11-21(23)27)22-16-8-9-18-15(13-16)5-4-12-24(18)30(28,29)17-6-2-1-3-7-17/h1-3,6-9,13H,4-5,10-12,14H2,(H,22,25). The van der Waals surface area contributed by atoms with Gasteiger partial charge in [-0.2, -0.15) is 0 Å². The Morgan fingerprint density at radius 2 is 1.67 bits per heavy atom. The second kappa shape index (κ2) is 7.91. The molecule has 0 spiro atoms. The van der Waals surface area contributed by atoms with Gasteiger partial charge in [-0.15, -0.1) is 0 Å². The van der Waals surface area contributed by atoms with Crippen LogP contribution < -0.4 is 9.62 Å². The summed E-state index contributed by atoms with van der Waals surface area (Å²) < 4.78 is 27.5. The predicted octanol–water partition coefficient (Wildman–Crippen LogP) is 1.92. The van der Waals surface area contributed by atoms with Crippen molar-refractivity contribution in [1.82, 2.24) is 4.90 Å². The lowest BCUT2D eigenvalue weighted by molar-refractivity contribution is -0.141. The highest BCUT2D eigenvalue weighted by atomic mass is 32.2. The minimum Gasteiger partial charge on any atom is -0.325 e. The highest BCUT2D eigenvalue weighted by Gasteiger charge is 2.31. The summed E-state index contributed by atoms with van der Waals surface area (Å²) in [5.41, 5.74) is 1.90. The van der Waals surface area contributed by atoms with Crippen molar-refractivity contribution < 1.29 is 22.8 Å². The Morgan fingerprint density at radius 1 is 0.967 bits per heavy atom. The molecule has 4 rings (SSSR count). The molecule has 2 aromatic rings. The van der Waals surface area contributed by atoms with E-state index in [0.717, 1.165) is 10.5 Å². The maximum Gasteiger partial charge on any atom is 0.264 e. The van der Waals surface area contributed by atoms with E-state index in [-0.39, 0.29) is 36.1 Å². The van der Waals surface area contributed by atoms with Crippen molar-refractivity contribution in [2.24, 2.45) is 0 Å². The molecular formula is C21H21N3O5S. The van der Waals surface area contributed by atoms with Gasteiger partial charge in [0.15, 0.2) is 0 Å². The van der Waals surface area contributed by atoms with Crippen molar-refractivity contribution in [3.63, 3.8) is 0 Å². The topological polar surface area (TPSA) is 104 Å². The number of rotatable bonds is 5. The van der Waals surface area contributed by atoms with E-state index >= 15 is 0 Å². The van der Waals surface area contributed by atoms with Gasteiger partial charge < -0.3 is 5.32 Å².